The van der Waals surface area contributed by atoms with Gasteiger partial charge in [0, 0.05) is 48.6 Å². The molecule has 2 aromatic heterocycles. The van der Waals surface area contributed by atoms with Gasteiger partial charge >= 0.3 is 0 Å². The zero-order valence-electron chi connectivity index (χ0n) is 26.5. The second kappa shape index (κ2) is 12.4. The molecule has 2 nitrogen and oxygen atoms in total. The fourth-order valence-electron chi connectivity index (χ4n) is 6.68. The van der Waals surface area contributed by atoms with Gasteiger partial charge in [-0.05, 0) is 60.9 Å². The van der Waals surface area contributed by atoms with Gasteiger partial charge in [-0.15, -0.1) is 11.3 Å². The maximum Gasteiger partial charge on any atom is 0.0663 e. The summed E-state index contributed by atoms with van der Waals surface area (Å²) in [7, 11) is 0. The van der Waals surface area contributed by atoms with E-state index in [4.69, 9.17) is 4.99 Å². The quantitative estimate of drug-likeness (QED) is 0.157. The van der Waals surface area contributed by atoms with Gasteiger partial charge in [-0.2, -0.15) is 0 Å². The topological polar surface area (TPSA) is 17.3 Å². The maximum absolute atomic E-state index is 5.40. The predicted molar refractivity (Wildman–Crippen MR) is 205 cm³/mol. The summed E-state index contributed by atoms with van der Waals surface area (Å²) >= 11 is 1.87. The molecule has 0 spiro atoms. The third-order valence-electron chi connectivity index (χ3n) is 9.05. The van der Waals surface area contributed by atoms with Crippen LogP contribution in [0, 0.1) is 0 Å². The second-order valence-electron chi connectivity index (χ2n) is 11.9. The number of fused-ring (bicyclic) bond motifs is 6. The van der Waals surface area contributed by atoms with Crippen molar-refractivity contribution in [3.05, 3.63) is 174 Å². The average molecular weight is 623 g/mol. The van der Waals surface area contributed by atoms with Crippen molar-refractivity contribution in [2.24, 2.45) is 4.99 Å². The van der Waals surface area contributed by atoms with E-state index < -0.39 is 0 Å². The molecule has 0 saturated heterocycles. The van der Waals surface area contributed by atoms with Crippen molar-refractivity contribution in [1.29, 1.82) is 0 Å². The molecule has 0 N–H and O–H groups in total. The van der Waals surface area contributed by atoms with Gasteiger partial charge in [-0.3, -0.25) is 4.99 Å². The van der Waals surface area contributed by atoms with E-state index in [2.05, 4.69) is 176 Å². The van der Waals surface area contributed by atoms with Crippen LogP contribution >= 0.6 is 11.3 Å². The standard InChI is InChI=1S/C44H34N2S/c1-3-39(32-18-9-5-10-19-32)45-40(27-26-30(2)31-16-7-4-8-17-31)36-24-15-23-35-38-28-37-34-22-13-14-25-41(34)46(33-20-11-6-12-21-33)42(37)29-43(38)47-44(35)36/h3-26,28-29H,27H2,1-2H3/b30-26+,39-3+,45-40?. The van der Waals surface area contributed by atoms with E-state index in [1.807, 2.05) is 11.3 Å². The highest BCUT2D eigenvalue weighted by Crippen LogP contribution is 2.42. The zero-order valence-corrected chi connectivity index (χ0v) is 27.3. The van der Waals surface area contributed by atoms with Crippen LogP contribution in [0.2, 0.25) is 0 Å². The summed E-state index contributed by atoms with van der Waals surface area (Å²) in [5.74, 6) is 0. The number of hydrogen-bond acceptors (Lipinski definition) is 2. The molecule has 0 amide bonds. The van der Waals surface area contributed by atoms with Crippen molar-refractivity contribution < 1.29 is 0 Å². The molecule has 0 bridgehead atoms. The molecule has 8 rings (SSSR count). The van der Waals surface area contributed by atoms with Gasteiger partial charge < -0.3 is 4.57 Å². The lowest BCUT2D eigenvalue weighted by atomic mass is 10.00. The summed E-state index contributed by atoms with van der Waals surface area (Å²) in [5.41, 5.74) is 10.5. The number of para-hydroxylation sites is 2. The van der Waals surface area contributed by atoms with E-state index in [9.17, 15) is 0 Å². The molecule has 0 radical (unpaired) electrons. The minimum atomic E-state index is 0.726. The van der Waals surface area contributed by atoms with E-state index >= 15 is 0 Å². The highest BCUT2D eigenvalue weighted by molar-refractivity contribution is 7.26. The zero-order chi connectivity index (χ0) is 31.7. The largest absolute Gasteiger partial charge is 0.309 e. The third-order valence-corrected chi connectivity index (χ3v) is 10.2. The highest BCUT2D eigenvalue weighted by Gasteiger charge is 2.18. The van der Waals surface area contributed by atoms with Crippen molar-refractivity contribution in [2.45, 2.75) is 20.3 Å². The SMILES string of the molecule is C/C=C(/N=C(C/C=C(\C)c1ccccc1)c1cccc2c1sc1cc3c(cc12)c1ccccc1n3-c1ccccc1)c1ccccc1. The van der Waals surface area contributed by atoms with Crippen molar-refractivity contribution in [2.75, 3.05) is 0 Å². The summed E-state index contributed by atoms with van der Waals surface area (Å²) < 4.78 is 4.96. The Morgan fingerprint density at radius 2 is 1.30 bits per heavy atom. The van der Waals surface area contributed by atoms with E-state index in [1.165, 1.54) is 64.4 Å². The first-order valence-electron chi connectivity index (χ1n) is 16.2. The number of thiophene rings is 1. The van der Waals surface area contributed by atoms with Crippen molar-refractivity contribution >= 4 is 70.3 Å². The number of aliphatic imine (C=N–C) groups is 1. The molecule has 226 valence electrons. The van der Waals surface area contributed by atoms with Crippen LogP contribution in [-0.2, 0) is 0 Å². The molecule has 0 aliphatic carbocycles. The van der Waals surface area contributed by atoms with Crippen LogP contribution < -0.4 is 0 Å². The Hall–Kier alpha value is -5.51. The first-order chi connectivity index (χ1) is 23.2. The predicted octanol–water partition coefficient (Wildman–Crippen LogP) is 12.5. The van der Waals surface area contributed by atoms with Crippen LogP contribution in [0.3, 0.4) is 0 Å². The number of benzene rings is 6. The molecule has 3 heteroatoms. The number of aromatic nitrogens is 1. The van der Waals surface area contributed by atoms with Crippen LogP contribution in [0.4, 0.5) is 0 Å². The number of allylic oxidation sites excluding steroid dienone is 3. The molecular formula is C44H34N2S. The smallest absolute Gasteiger partial charge is 0.0663 e. The number of rotatable bonds is 7. The molecule has 0 aliphatic rings. The number of hydrogen-bond donors (Lipinski definition) is 0. The van der Waals surface area contributed by atoms with Gasteiger partial charge in [-0.25, -0.2) is 0 Å². The van der Waals surface area contributed by atoms with Gasteiger partial charge in [0.05, 0.1) is 22.4 Å². The minimum Gasteiger partial charge on any atom is -0.309 e. The normalized spacial score (nSPS) is 12.9. The molecule has 6 aromatic carbocycles. The van der Waals surface area contributed by atoms with Crippen molar-refractivity contribution in [3.63, 3.8) is 0 Å². The van der Waals surface area contributed by atoms with Crippen molar-refractivity contribution in [1.82, 2.24) is 4.57 Å². The highest BCUT2D eigenvalue weighted by atomic mass is 32.1. The Kier molecular flexibility index (Phi) is 7.60. The molecule has 0 unspecified atom stereocenters. The molecular weight excluding hydrogens is 589 g/mol. The Morgan fingerprint density at radius 3 is 2.04 bits per heavy atom. The Labute approximate surface area is 279 Å². The molecule has 0 aliphatic heterocycles. The van der Waals surface area contributed by atoms with Gasteiger partial charge in [0.25, 0.3) is 0 Å². The minimum absolute atomic E-state index is 0.726. The van der Waals surface area contributed by atoms with Gasteiger partial charge in [0.15, 0.2) is 0 Å². The Balaban J connectivity index is 1.34. The molecule has 0 atom stereocenters. The molecule has 0 fully saturated rings. The average Bonchev–Trinajstić information content (AvgIpc) is 3.66. The van der Waals surface area contributed by atoms with E-state index in [1.54, 1.807) is 0 Å². The molecule has 2 heterocycles. The first-order valence-corrected chi connectivity index (χ1v) is 17.0. The Morgan fingerprint density at radius 1 is 0.638 bits per heavy atom. The fraction of sp³-hybridized carbons (Fsp3) is 0.0682. The summed E-state index contributed by atoms with van der Waals surface area (Å²) in [4.78, 5) is 5.40. The van der Waals surface area contributed by atoms with Crippen LogP contribution in [0.25, 0.3) is 58.9 Å². The first kappa shape index (κ1) is 28.9. The number of nitrogens with zero attached hydrogens (tertiary/aromatic N) is 2. The monoisotopic (exact) mass is 622 g/mol. The van der Waals surface area contributed by atoms with E-state index in [0.717, 1.165) is 23.4 Å². The summed E-state index contributed by atoms with van der Waals surface area (Å²) in [6.45, 7) is 4.27. The van der Waals surface area contributed by atoms with Crippen LogP contribution in [-0.4, -0.2) is 10.3 Å². The third kappa shape index (κ3) is 5.29. The van der Waals surface area contributed by atoms with Crippen LogP contribution in [0.5, 0.6) is 0 Å². The van der Waals surface area contributed by atoms with Crippen LogP contribution in [0.15, 0.2) is 163 Å². The van der Waals surface area contributed by atoms with Gasteiger partial charge in [-0.1, -0.05) is 127 Å². The molecule has 47 heavy (non-hydrogen) atoms. The Bertz CT molecular complexity index is 2480. The molecule has 8 aromatic rings. The lowest BCUT2D eigenvalue weighted by Gasteiger charge is -2.10. The van der Waals surface area contributed by atoms with Gasteiger partial charge in [0.2, 0.25) is 0 Å². The summed E-state index contributed by atoms with van der Waals surface area (Å²) in [5, 5.41) is 5.12. The van der Waals surface area contributed by atoms with Crippen molar-refractivity contribution in [3.8, 4) is 5.69 Å². The van der Waals surface area contributed by atoms with E-state index in [0.29, 0.717) is 0 Å². The lowest BCUT2D eigenvalue weighted by Crippen LogP contribution is -2.01. The van der Waals surface area contributed by atoms with Crippen LogP contribution in [0.1, 0.15) is 37.0 Å². The summed E-state index contributed by atoms with van der Waals surface area (Å²) in [6, 6.07) is 52.1. The lowest BCUT2D eigenvalue weighted by molar-refractivity contribution is 1.18. The fourth-order valence-corrected chi connectivity index (χ4v) is 7.93. The maximum atomic E-state index is 5.40. The summed E-state index contributed by atoms with van der Waals surface area (Å²) in [6.07, 6.45) is 5.17. The molecule has 0 saturated carbocycles. The van der Waals surface area contributed by atoms with Gasteiger partial charge in [0.1, 0.15) is 0 Å². The van der Waals surface area contributed by atoms with E-state index in [-0.39, 0.29) is 0 Å². The second-order valence-corrected chi connectivity index (χ2v) is 12.9.